The van der Waals surface area contributed by atoms with E-state index in [1.165, 1.54) is 24.5 Å². The monoisotopic (exact) mass is 408 g/mol. The fraction of sp³-hybridized carbons (Fsp3) is 0.143. The Balaban J connectivity index is 1.55. The average Bonchev–Trinajstić information content (AvgIpc) is 3.19. The molecule has 2 heterocycles. The number of nitrogens with one attached hydrogen (secondary N) is 1. The van der Waals surface area contributed by atoms with E-state index >= 15 is 0 Å². The van der Waals surface area contributed by atoms with E-state index in [0.717, 1.165) is 10.1 Å². The standard InChI is InChI=1S/C21H17FN4O4/c1-29-16-7-2-4-13(8-16)10-23-17(27)11-26-12-24-20-18(21(26)28)19(25-30-20)14-5-3-6-15(22)9-14/h2-9,12H,10-11H2,1H3,(H,23,27). The summed E-state index contributed by atoms with van der Waals surface area (Å²) in [4.78, 5) is 29.3. The summed E-state index contributed by atoms with van der Waals surface area (Å²) in [5.41, 5.74) is 0.932. The maximum absolute atomic E-state index is 13.6. The molecule has 0 unspecified atom stereocenters. The summed E-state index contributed by atoms with van der Waals surface area (Å²) in [6.45, 7) is 0.0434. The lowest BCUT2D eigenvalue weighted by atomic mass is 10.1. The van der Waals surface area contributed by atoms with Crippen LogP contribution in [-0.4, -0.2) is 27.7 Å². The zero-order valence-corrected chi connectivity index (χ0v) is 16.0. The zero-order valence-electron chi connectivity index (χ0n) is 16.0. The Kier molecular flexibility index (Phi) is 5.25. The normalized spacial score (nSPS) is 10.9. The van der Waals surface area contributed by atoms with Gasteiger partial charge in [-0.15, -0.1) is 0 Å². The van der Waals surface area contributed by atoms with Crippen molar-refractivity contribution in [2.45, 2.75) is 13.1 Å². The van der Waals surface area contributed by atoms with E-state index < -0.39 is 11.4 Å². The second-order valence-electron chi connectivity index (χ2n) is 6.53. The first-order chi connectivity index (χ1) is 14.5. The number of nitrogens with zero attached hydrogens (tertiary/aromatic N) is 3. The molecular formula is C21H17FN4O4. The first-order valence-corrected chi connectivity index (χ1v) is 9.05. The fourth-order valence-corrected chi connectivity index (χ4v) is 3.02. The van der Waals surface area contributed by atoms with E-state index in [2.05, 4.69) is 15.5 Å². The summed E-state index contributed by atoms with van der Waals surface area (Å²) < 4.78 is 25.0. The summed E-state index contributed by atoms with van der Waals surface area (Å²) in [5.74, 6) is -0.153. The highest BCUT2D eigenvalue weighted by Crippen LogP contribution is 2.24. The fourth-order valence-electron chi connectivity index (χ4n) is 3.02. The van der Waals surface area contributed by atoms with Gasteiger partial charge in [0.2, 0.25) is 5.91 Å². The Morgan fingerprint density at radius 1 is 1.23 bits per heavy atom. The van der Waals surface area contributed by atoms with Crippen LogP contribution in [-0.2, 0) is 17.9 Å². The minimum absolute atomic E-state index is 0.0206. The van der Waals surface area contributed by atoms with Crippen molar-refractivity contribution in [3.05, 3.63) is 76.6 Å². The molecule has 8 nitrogen and oxygen atoms in total. The number of carbonyl (C=O) groups excluding carboxylic acids is 1. The van der Waals surface area contributed by atoms with Gasteiger partial charge >= 0.3 is 0 Å². The van der Waals surface area contributed by atoms with Crippen molar-refractivity contribution in [3.8, 4) is 17.0 Å². The number of amides is 1. The van der Waals surface area contributed by atoms with Gasteiger partial charge in [-0.1, -0.05) is 29.4 Å². The molecule has 1 N–H and O–H groups in total. The van der Waals surface area contributed by atoms with Crippen LogP contribution < -0.4 is 15.6 Å². The zero-order chi connectivity index (χ0) is 21.1. The molecule has 0 saturated carbocycles. The summed E-state index contributed by atoms with van der Waals surface area (Å²) in [6.07, 6.45) is 1.22. The topological polar surface area (TPSA) is 99.2 Å². The number of rotatable bonds is 6. The second-order valence-corrected chi connectivity index (χ2v) is 6.53. The molecule has 0 radical (unpaired) electrons. The summed E-state index contributed by atoms with van der Waals surface area (Å²) >= 11 is 0. The van der Waals surface area contributed by atoms with Crippen LogP contribution in [0.1, 0.15) is 5.56 Å². The molecule has 0 atom stereocenters. The molecule has 152 valence electrons. The number of ether oxygens (including phenoxy) is 1. The summed E-state index contributed by atoms with van der Waals surface area (Å²) in [5, 5.41) is 6.69. The highest BCUT2D eigenvalue weighted by atomic mass is 19.1. The third kappa shape index (κ3) is 3.90. The van der Waals surface area contributed by atoms with E-state index in [9.17, 15) is 14.0 Å². The van der Waals surface area contributed by atoms with Gasteiger partial charge in [0.05, 0.1) is 7.11 Å². The quantitative estimate of drug-likeness (QED) is 0.526. The number of hydrogen-bond donors (Lipinski definition) is 1. The van der Waals surface area contributed by atoms with E-state index in [1.54, 1.807) is 19.2 Å². The highest BCUT2D eigenvalue weighted by molar-refractivity contribution is 5.88. The average molecular weight is 408 g/mol. The Labute approximate surface area is 169 Å². The summed E-state index contributed by atoms with van der Waals surface area (Å²) in [7, 11) is 1.57. The largest absolute Gasteiger partial charge is 0.497 e. The van der Waals surface area contributed by atoms with Gasteiger partial charge in [0.1, 0.15) is 35.5 Å². The molecular weight excluding hydrogens is 391 g/mol. The molecule has 9 heteroatoms. The Morgan fingerprint density at radius 3 is 2.87 bits per heavy atom. The molecule has 4 rings (SSSR count). The molecule has 0 fully saturated rings. The number of methoxy groups -OCH3 is 1. The highest BCUT2D eigenvalue weighted by Gasteiger charge is 2.18. The Morgan fingerprint density at radius 2 is 2.07 bits per heavy atom. The first kappa shape index (κ1) is 19.3. The Hall–Kier alpha value is -4.01. The molecule has 2 aromatic carbocycles. The van der Waals surface area contributed by atoms with Crippen LogP contribution in [0.5, 0.6) is 5.75 Å². The smallest absolute Gasteiger partial charge is 0.267 e. The summed E-state index contributed by atoms with van der Waals surface area (Å²) in [6, 6.07) is 12.9. The number of aromatic nitrogens is 3. The van der Waals surface area contributed by atoms with Crippen molar-refractivity contribution in [2.75, 3.05) is 7.11 Å². The minimum atomic E-state index is -0.503. The van der Waals surface area contributed by atoms with Crippen LogP contribution in [0, 0.1) is 5.82 Å². The number of hydrogen-bond acceptors (Lipinski definition) is 6. The lowest BCUT2D eigenvalue weighted by Crippen LogP contribution is -2.32. The van der Waals surface area contributed by atoms with Crippen molar-refractivity contribution < 1.29 is 18.4 Å². The molecule has 0 bridgehead atoms. The maximum atomic E-state index is 13.6. The van der Waals surface area contributed by atoms with Gasteiger partial charge in [-0.25, -0.2) is 9.37 Å². The van der Waals surface area contributed by atoms with E-state index in [4.69, 9.17) is 9.26 Å². The van der Waals surface area contributed by atoms with Crippen molar-refractivity contribution >= 4 is 17.0 Å². The number of carbonyl (C=O) groups is 1. The lowest BCUT2D eigenvalue weighted by molar-refractivity contribution is -0.121. The van der Waals surface area contributed by atoms with Crippen molar-refractivity contribution in [1.29, 1.82) is 0 Å². The molecule has 0 saturated heterocycles. The molecule has 2 aromatic heterocycles. The predicted molar refractivity (Wildman–Crippen MR) is 106 cm³/mol. The van der Waals surface area contributed by atoms with E-state index in [-0.39, 0.29) is 35.8 Å². The van der Waals surface area contributed by atoms with Gasteiger partial charge in [0, 0.05) is 12.1 Å². The van der Waals surface area contributed by atoms with Gasteiger partial charge in [0.15, 0.2) is 0 Å². The van der Waals surface area contributed by atoms with Gasteiger partial charge in [-0.2, -0.15) is 0 Å². The van der Waals surface area contributed by atoms with Crippen LogP contribution in [0.3, 0.4) is 0 Å². The molecule has 4 aromatic rings. The number of fused-ring (bicyclic) bond motifs is 1. The molecule has 30 heavy (non-hydrogen) atoms. The molecule has 0 spiro atoms. The number of benzene rings is 2. The first-order valence-electron chi connectivity index (χ1n) is 9.05. The number of halogens is 1. The SMILES string of the molecule is COc1cccc(CNC(=O)Cn2cnc3onc(-c4cccc(F)c4)c3c2=O)c1. The Bertz CT molecular complexity index is 1280. The van der Waals surface area contributed by atoms with Crippen LogP contribution >= 0.6 is 0 Å². The van der Waals surface area contributed by atoms with Crippen LogP contribution in [0.25, 0.3) is 22.4 Å². The third-order valence-electron chi connectivity index (χ3n) is 4.50. The molecule has 0 aliphatic rings. The van der Waals surface area contributed by atoms with Crippen LogP contribution in [0.15, 0.2) is 64.2 Å². The van der Waals surface area contributed by atoms with Gasteiger partial charge < -0.3 is 14.6 Å². The third-order valence-corrected chi connectivity index (χ3v) is 4.50. The molecule has 0 aliphatic heterocycles. The van der Waals surface area contributed by atoms with Crippen LogP contribution in [0.2, 0.25) is 0 Å². The minimum Gasteiger partial charge on any atom is -0.497 e. The van der Waals surface area contributed by atoms with Crippen molar-refractivity contribution in [2.24, 2.45) is 0 Å². The van der Waals surface area contributed by atoms with Crippen molar-refractivity contribution in [3.63, 3.8) is 0 Å². The van der Waals surface area contributed by atoms with Gasteiger partial charge in [0.25, 0.3) is 11.3 Å². The molecule has 0 aliphatic carbocycles. The molecule has 1 amide bonds. The van der Waals surface area contributed by atoms with E-state index in [0.29, 0.717) is 11.3 Å². The second kappa shape index (κ2) is 8.16. The van der Waals surface area contributed by atoms with Gasteiger partial charge in [-0.05, 0) is 29.8 Å². The van der Waals surface area contributed by atoms with Gasteiger partial charge in [-0.3, -0.25) is 14.2 Å². The van der Waals surface area contributed by atoms with E-state index in [1.807, 2.05) is 18.2 Å². The lowest BCUT2D eigenvalue weighted by Gasteiger charge is -2.08. The maximum Gasteiger partial charge on any atom is 0.267 e. The predicted octanol–water partition coefficient (Wildman–Crippen LogP) is 2.52. The van der Waals surface area contributed by atoms with Crippen molar-refractivity contribution in [1.82, 2.24) is 20.0 Å². The van der Waals surface area contributed by atoms with Crippen LogP contribution in [0.4, 0.5) is 4.39 Å².